The van der Waals surface area contributed by atoms with Gasteiger partial charge in [-0.2, -0.15) is 0 Å². The van der Waals surface area contributed by atoms with E-state index in [1.807, 2.05) is 6.20 Å². The fourth-order valence-corrected chi connectivity index (χ4v) is 4.06. The van der Waals surface area contributed by atoms with Crippen molar-refractivity contribution in [3.63, 3.8) is 0 Å². The lowest BCUT2D eigenvalue weighted by Gasteiger charge is -2.26. The van der Waals surface area contributed by atoms with Gasteiger partial charge in [0, 0.05) is 23.2 Å². The summed E-state index contributed by atoms with van der Waals surface area (Å²) >= 11 is 6.61. The Balaban J connectivity index is 1.85. The molecule has 1 fully saturated rings. The number of hydrogen-bond acceptors (Lipinski definition) is 1. The number of nitrogens with zero attached hydrogens (tertiary/aromatic N) is 1. The Hall–Kier alpha value is -0.560. The summed E-state index contributed by atoms with van der Waals surface area (Å²) in [4.78, 5) is 4.62. The van der Waals surface area contributed by atoms with Gasteiger partial charge in [-0.25, -0.2) is 0 Å². The van der Waals surface area contributed by atoms with Crippen LogP contribution in [0.3, 0.4) is 0 Å². The molecule has 0 aromatic carbocycles. The van der Waals surface area contributed by atoms with Gasteiger partial charge < -0.3 is 0 Å². The zero-order valence-electron chi connectivity index (χ0n) is 10.2. The van der Waals surface area contributed by atoms with Crippen LogP contribution in [-0.4, -0.2) is 10.4 Å². The minimum atomic E-state index is 0.371. The largest absolute Gasteiger partial charge is 0.261 e. The maximum Gasteiger partial charge on any atom is 0.0469 e. The first-order valence-corrected chi connectivity index (χ1v) is 7.38. The monoisotopic (exact) mass is 249 g/mol. The number of rotatable bonds is 1. The summed E-state index contributed by atoms with van der Waals surface area (Å²) in [6, 6.07) is 4.30. The molecule has 2 aliphatic rings. The Morgan fingerprint density at radius 3 is 2.94 bits per heavy atom. The molecule has 0 saturated heterocycles. The van der Waals surface area contributed by atoms with E-state index in [0.717, 1.165) is 0 Å². The summed E-state index contributed by atoms with van der Waals surface area (Å²) in [5.74, 6) is 1.29. The number of aryl methyl sites for hydroxylation is 1. The molecule has 1 heterocycles. The van der Waals surface area contributed by atoms with Crippen LogP contribution in [0.2, 0.25) is 0 Å². The highest BCUT2D eigenvalue weighted by molar-refractivity contribution is 6.20. The molecule has 1 aromatic heterocycles. The molecule has 1 saturated carbocycles. The van der Waals surface area contributed by atoms with Gasteiger partial charge in [-0.15, -0.1) is 11.6 Å². The van der Waals surface area contributed by atoms with Crippen LogP contribution < -0.4 is 0 Å². The molecule has 2 aliphatic carbocycles. The van der Waals surface area contributed by atoms with E-state index in [4.69, 9.17) is 11.6 Å². The smallest absolute Gasteiger partial charge is 0.0469 e. The zero-order chi connectivity index (χ0) is 11.7. The van der Waals surface area contributed by atoms with Gasteiger partial charge in [-0.3, -0.25) is 4.98 Å². The Kier molecular flexibility index (Phi) is 3.37. The van der Waals surface area contributed by atoms with Gasteiger partial charge in [0.2, 0.25) is 0 Å². The van der Waals surface area contributed by atoms with E-state index in [9.17, 15) is 0 Å². The highest BCUT2D eigenvalue weighted by atomic mass is 35.5. The first-order chi connectivity index (χ1) is 8.36. The van der Waals surface area contributed by atoms with Gasteiger partial charge in [-0.1, -0.05) is 25.3 Å². The summed E-state index contributed by atoms with van der Waals surface area (Å²) < 4.78 is 0. The predicted octanol–water partition coefficient (Wildman–Crippen LogP) is 4.30. The summed E-state index contributed by atoms with van der Waals surface area (Å²) in [5.41, 5.74) is 2.82. The fraction of sp³-hybridized carbons (Fsp3) is 0.667. The molecule has 17 heavy (non-hydrogen) atoms. The standard InChI is InChI=1S/C15H20ClN/c16-14-7-3-1-2-6-12(14)13-9-8-11-5-4-10-17-15(11)13/h4-5,10,12-14H,1-3,6-9H2. The van der Waals surface area contributed by atoms with E-state index in [1.54, 1.807) is 0 Å². The number of fused-ring (bicyclic) bond motifs is 1. The van der Waals surface area contributed by atoms with E-state index in [2.05, 4.69) is 17.1 Å². The van der Waals surface area contributed by atoms with Crippen LogP contribution in [0.1, 0.15) is 55.7 Å². The van der Waals surface area contributed by atoms with Gasteiger partial charge >= 0.3 is 0 Å². The second-order valence-corrected chi connectivity index (χ2v) is 6.07. The van der Waals surface area contributed by atoms with Crippen LogP contribution in [0, 0.1) is 5.92 Å². The average molecular weight is 250 g/mol. The quantitative estimate of drug-likeness (QED) is 0.534. The topological polar surface area (TPSA) is 12.9 Å². The zero-order valence-corrected chi connectivity index (χ0v) is 11.0. The van der Waals surface area contributed by atoms with Crippen LogP contribution >= 0.6 is 11.6 Å². The van der Waals surface area contributed by atoms with E-state index < -0.39 is 0 Å². The van der Waals surface area contributed by atoms with Crippen molar-refractivity contribution in [1.29, 1.82) is 0 Å². The van der Waals surface area contributed by atoms with Gasteiger partial charge in [0.15, 0.2) is 0 Å². The Labute approximate surface area is 109 Å². The van der Waals surface area contributed by atoms with E-state index >= 15 is 0 Å². The Morgan fingerprint density at radius 2 is 2.00 bits per heavy atom. The van der Waals surface area contributed by atoms with Crippen molar-refractivity contribution in [1.82, 2.24) is 4.98 Å². The highest BCUT2D eigenvalue weighted by Gasteiger charge is 2.35. The molecule has 1 aromatic rings. The van der Waals surface area contributed by atoms with Crippen LogP contribution in [-0.2, 0) is 6.42 Å². The minimum absolute atomic E-state index is 0.371. The molecule has 92 valence electrons. The Morgan fingerprint density at radius 1 is 1.12 bits per heavy atom. The van der Waals surface area contributed by atoms with Crippen molar-refractivity contribution in [2.75, 3.05) is 0 Å². The van der Waals surface area contributed by atoms with Crippen molar-refractivity contribution in [2.45, 2.75) is 56.2 Å². The SMILES string of the molecule is ClC1CCCCCC1C1CCc2cccnc21. The van der Waals surface area contributed by atoms with Crippen LogP contribution in [0.5, 0.6) is 0 Å². The van der Waals surface area contributed by atoms with Crippen LogP contribution in [0.15, 0.2) is 18.3 Å². The molecule has 3 atom stereocenters. The maximum absolute atomic E-state index is 6.61. The number of pyridine rings is 1. The molecule has 0 aliphatic heterocycles. The highest BCUT2D eigenvalue weighted by Crippen LogP contribution is 2.44. The normalized spacial score (nSPS) is 33.1. The van der Waals surface area contributed by atoms with E-state index in [-0.39, 0.29) is 0 Å². The van der Waals surface area contributed by atoms with Crippen LogP contribution in [0.25, 0.3) is 0 Å². The molecule has 0 bridgehead atoms. The van der Waals surface area contributed by atoms with E-state index in [1.165, 1.54) is 56.2 Å². The lowest BCUT2D eigenvalue weighted by Crippen LogP contribution is -2.21. The molecule has 0 radical (unpaired) electrons. The molecule has 1 nitrogen and oxygen atoms in total. The summed E-state index contributed by atoms with van der Waals surface area (Å²) in [5, 5.41) is 0.371. The fourth-order valence-electron chi connectivity index (χ4n) is 3.60. The Bertz CT molecular complexity index is 390. The summed E-state index contributed by atoms with van der Waals surface area (Å²) in [6.45, 7) is 0. The maximum atomic E-state index is 6.61. The van der Waals surface area contributed by atoms with Crippen molar-refractivity contribution >= 4 is 11.6 Å². The third-order valence-electron chi connectivity index (χ3n) is 4.50. The number of hydrogen-bond donors (Lipinski definition) is 0. The molecular weight excluding hydrogens is 230 g/mol. The third kappa shape index (κ3) is 2.22. The summed E-state index contributed by atoms with van der Waals surface area (Å²) in [7, 11) is 0. The number of alkyl halides is 1. The van der Waals surface area contributed by atoms with Crippen molar-refractivity contribution in [2.24, 2.45) is 5.92 Å². The predicted molar refractivity (Wildman–Crippen MR) is 71.5 cm³/mol. The molecule has 3 rings (SSSR count). The van der Waals surface area contributed by atoms with Gasteiger partial charge in [0.25, 0.3) is 0 Å². The number of halogens is 1. The van der Waals surface area contributed by atoms with Crippen molar-refractivity contribution < 1.29 is 0 Å². The van der Waals surface area contributed by atoms with Crippen molar-refractivity contribution in [3.8, 4) is 0 Å². The molecule has 2 heteroatoms. The molecule has 0 N–H and O–H groups in total. The van der Waals surface area contributed by atoms with Crippen LogP contribution in [0.4, 0.5) is 0 Å². The molecule has 3 unspecified atom stereocenters. The van der Waals surface area contributed by atoms with E-state index in [0.29, 0.717) is 17.2 Å². The lowest BCUT2D eigenvalue weighted by molar-refractivity contribution is 0.375. The van der Waals surface area contributed by atoms with Gasteiger partial charge in [-0.05, 0) is 43.2 Å². The molecular formula is C15H20ClN. The lowest BCUT2D eigenvalue weighted by atomic mass is 9.84. The minimum Gasteiger partial charge on any atom is -0.261 e. The first-order valence-electron chi connectivity index (χ1n) is 6.94. The summed E-state index contributed by atoms with van der Waals surface area (Å²) in [6.07, 6.45) is 10.9. The average Bonchev–Trinajstić information content (AvgIpc) is 2.66. The molecule has 0 spiro atoms. The third-order valence-corrected chi connectivity index (χ3v) is 5.04. The number of aromatic nitrogens is 1. The first kappa shape index (κ1) is 11.5. The second-order valence-electron chi connectivity index (χ2n) is 5.51. The molecule has 0 amide bonds. The van der Waals surface area contributed by atoms with Crippen molar-refractivity contribution in [3.05, 3.63) is 29.6 Å². The van der Waals surface area contributed by atoms with Gasteiger partial charge in [0.1, 0.15) is 0 Å². The second kappa shape index (κ2) is 4.97. The van der Waals surface area contributed by atoms with Gasteiger partial charge in [0.05, 0.1) is 0 Å².